The number of hydrogen-bond acceptors (Lipinski definition) is 10. The topological polar surface area (TPSA) is 196 Å². The molecule has 12 nitrogen and oxygen atoms in total. The van der Waals surface area contributed by atoms with Crippen LogP contribution < -0.4 is 5.32 Å². The number of ether oxygens (including phenoxy) is 2. The third kappa shape index (κ3) is 5.56. The molecule has 1 aliphatic heterocycles. The molecule has 176 valence electrons. The van der Waals surface area contributed by atoms with Crippen LogP contribution in [0.5, 0.6) is 5.75 Å². The lowest BCUT2D eigenvalue weighted by Gasteiger charge is -2.37. The van der Waals surface area contributed by atoms with Crippen LogP contribution in [0.25, 0.3) is 11.1 Å². The quantitative estimate of drug-likeness (QED) is 0.284. The Morgan fingerprint density at radius 1 is 1.09 bits per heavy atom. The largest absolute Gasteiger partial charge is 0.505 e. The summed E-state index contributed by atoms with van der Waals surface area (Å²) in [6.07, 6.45) is -8.36. The number of carbonyl (C=O) groups is 3. The Labute approximate surface area is 191 Å². The molecule has 0 spiro atoms. The number of carboxylic acids is 1. The molecule has 33 heavy (non-hydrogen) atoms. The molecule has 0 aliphatic carbocycles. The first kappa shape index (κ1) is 24.4. The minimum atomic E-state index is -1.95. The maximum Gasteiger partial charge on any atom is 0.335 e. The molecular formula is C20H19ClN2O10. The summed E-state index contributed by atoms with van der Waals surface area (Å²) < 4.78 is 9.56. The molecule has 3 rings (SSSR count). The van der Waals surface area contributed by atoms with Gasteiger partial charge < -0.3 is 40.3 Å². The summed E-state index contributed by atoms with van der Waals surface area (Å²) >= 11 is 5.93. The summed E-state index contributed by atoms with van der Waals surface area (Å²) in [5.41, 5.74) is 0.758. The van der Waals surface area contributed by atoms with Gasteiger partial charge in [0.2, 0.25) is 6.29 Å². The summed E-state index contributed by atoms with van der Waals surface area (Å²) in [6.45, 7) is -0.765. The van der Waals surface area contributed by atoms with Gasteiger partial charge >= 0.3 is 11.9 Å². The van der Waals surface area contributed by atoms with E-state index in [0.29, 0.717) is 16.1 Å². The van der Waals surface area contributed by atoms with E-state index in [9.17, 15) is 34.8 Å². The number of carbonyl (C=O) groups excluding carboxylic acids is 2. The molecule has 1 amide bonds. The lowest BCUT2D eigenvalue weighted by atomic mass is 9.99. The van der Waals surface area contributed by atoms with Crippen LogP contribution in [0.15, 0.2) is 36.5 Å². The fourth-order valence-corrected chi connectivity index (χ4v) is 3.20. The number of nitrogens with zero attached hydrogens (tertiary/aromatic N) is 1. The van der Waals surface area contributed by atoms with Crippen molar-refractivity contribution in [3.63, 3.8) is 0 Å². The number of aromatic nitrogens is 1. The first-order valence-corrected chi connectivity index (χ1v) is 9.81. The molecule has 1 aromatic heterocycles. The molecule has 2 heterocycles. The average molecular weight is 483 g/mol. The molecule has 2 aromatic rings. The van der Waals surface area contributed by atoms with Crippen molar-refractivity contribution in [1.29, 1.82) is 0 Å². The molecule has 1 aromatic carbocycles. The number of carboxylic acid groups (broad SMARTS) is 1. The maximum absolute atomic E-state index is 12.3. The molecule has 5 atom stereocenters. The Hall–Kier alpha value is -3.29. The van der Waals surface area contributed by atoms with Crippen LogP contribution in [0.3, 0.4) is 0 Å². The number of amides is 1. The normalized spacial score (nSPS) is 24.7. The van der Waals surface area contributed by atoms with Gasteiger partial charge in [-0.15, -0.1) is 0 Å². The highest BCUT2D eigenvalue weighted by atomic mass is 35.5. The number of hydrogen-bond donors (Lipinski definition) is 6. The second-order valence-corrected chi connectivity index (χ2v) is 7.45. The summed E-state index contributed by atoms with van der Waals surface area (Å²) in [4.78, 5) is 39.2. The number of aliphatic hydroxyl groups is 3. The van der Waals surface area contributed by atoms with Crippen LogP contribution in [0.1, 0.15) is 10.5 Å². The van der Waals surface area contributed by atoms with Crippen molar-refractivity contribution >= 4 is 29.4 Å². The van der Waals surface area contributed by atoms with Gasteiger partial charge in [0.15, 0.2) is 11.8 Å². The number of nitrogens with one attached hydrogen (secondary N) is 1. The lowest BCUT2D eigenvalue weighted by molar-refractivity contribution is -0.286. The number of esters is 1. The van der Waals surface area contributed by atoms with Crippen LogP contribution in [0.2, 0.25) is 5.02 Å². The van der Waals surface area contributed by atoms with Gasteiger partial charge in [-0.2, -0.15) is 0 Å². The van der Waals surface area contributed by atoms with Gasteiger partial charge in [0.05, 0.1) is 0 Å². The van der Waals surface area contributed by atoms with E-state index in [2.05, 4.69) is 10.3 Å². The van der Waals surface area contributed by atoms with Gasteiger partial charge in [-0.05, 0) is 23.8 Å². The Bertz CT molecular complexity index is 1060. The molecule has 0 saturated carbocycles. The second-order valence-electron chi connectivity index (χ2n) is 7.01. The fraction of sp³-hybridized carbons (Fsp3) is 0.300. The molecule has 13 heteroatoms. The SMILES string of the molecule is O=C(CNC(=O)c1ncc(-c2cccc(Cl)c2)cc1O)O[C@H]1OC(C(=O)O)[C@H](O)[C@@H](O)C1O. The van der Waals surface area contributed by atoms with Gasteiger partial charge in [0.1, 0.15) is 30.6 Å². The van der Waals surface area contributed by atoms with Gasteiger partial charge in [-0.3, -0.25) is 9.59 Å². The molecule has 0 radical (unpaired) electrons. The Kier molecular flexibility index (Phi) is 7.46. The first-order valence-electron chi connectivity index (χ1n) is 9.43. The minimum absolute atomic E-state index is 0.382. The highest BCUT2D eigenvalue weighted by molar-refractivity contribution is 6.30. The van der Waals surface area contributed by atoms with E-state index in [0.717, 1.165) is 0 Å². The number of aliphatic hydroxyl groups excluding tert-OH is 3. The van der Waals surface area contributed by atoms with Gasteiger partial charge in [-0.25, -0.2) is 9.78 Å². The highest BCUT2D eigenvalue weighted by Crippen LogP contribution is 2.27. The molecule has 6 N–H and O–H groups in total. The molecule has 1 aliphatic rings. The first-order chi connectivity index (χ1) is 15.6. The summed E-state index contributed by atoms with van der Waals surface area (Å²) in [6, 6.07) is 8.02. The van der Waals surface area contributed by atoms with Gasteiger partial charge in [0, 0.05) is 16.8 Å². The smallest absolute Gasteiger partial charge is 0.335 e. The number of halogens is 1. The van der Waals surface area contributed by atoms with Crippen LogP contribution >= 0.6 is 11.6 Å². The summed E-state index contributed by atoms with van der Waals surface area (Å²) in [7, 11) is 0. The predicted octanol–water partition coefficient (Wildman–Crippen LogP) is -0.727. The second kappa shape index (κ2) is 10.1. The number of rotatable bonds is 6. The Morgan fingerprint density at radius 3 is 2.45 bits per heavy atom. The van der Waals surface area contributed by atoms with Crippen molar-refractivity contribution in [2.24, 2.45) is 0 Å². The minimum Gasteiger partial charge on any atom is -0.505 e. The van der Waals surface area contributed by atoms with Crippen molar-refractivity contribution in [3.8, 4) is 16.9 Å². The van der Waals surface area contributed by atoms with E-state index in [4.69, 9.17) is 26.2 Å². The number of aliphatic carboxylic acids is 1. The van der Waals surface area contributed by atoms with Crippen LogP contribution in [0, 0.1) is 0 Å². The van der Waals surface area contributed by atoms with Crippen molar-refractivity contribution in [2.75, 3.05) is 6.54 Å². The maximum atomic E-state index is 12.3. The summed E-state index contributed by atoms with van der Waals surface area (Å²) in [5, 5.41) is 50.9. The lowest BCUT2D eigenvalue weighted by Crippen LogP contribution is -2.60. The van der Waals surface area contributed by atoms with Crippen LogP contribution in [0.4, 0.5) is 0 Å². The molecule has 2 unspecified atom stereocenters. The third-order valence-corrected chi connectivity index (χ3v) is 4.93. The molecule has 1 saturated heterocycles. The monoisotopic (exact) mass is 482 g/mol. The van der Waals surface area contributed by atoms with E-state index < -0.39 is 60.8 Å². The van der Waals surface area contributed by atoms with Crippen molar-refractivity contribution in [1.82, 2.24) is 10.3 Å². The zero-order chi connectivity index (χ0) is 24.3. The van der Waals surface area contributed by atoms with Gasteiger partial charge in [-0.1, -0.05) is 23.7 Å². The Morgan fingerprint density at radius 2 is 1.82 bits per heavy atom. The number of pyridine rings is 1. The zero-order valence-corrected chi connectivity index (χ0v) is 17.4. The number of aromatic hydroxyl groups is 1. The van der Waals surface area contributed by atoms with Gasteiger partial charge in [0.25, 0.3) is 5.91 Å². The highest BCUT2D eigenvalue weighted by Gasteiger charge is 2.48. The molecule has 1 fully saturated rings. The standard InChI is InChI=1S/C20H19ClN2O10/c21-10-3-1-2-8(4-10)9-5-11(24)13(22-6-9)18(29)23-7-12(25)32-20-16(28)14(26)15(27)17(33-20)19(30)31/h1-6,14-17,20,24,26-28H,7H2,(H,23,29)(H,30,31)/t14-,15-,16?,17?,20+/m1/s1. The van der Waals surface area contributed by atoms with E-state index in [1.54, 1.807) is 24.3 Å². The van der Waals surface area contributed by atoms with Crippen molar-refractivity contribution < 1.29 is 49.4 Å². The van der Waals surface area contributed by atoms with Crippen LogP contribution in [-0.2, 0) is 19.1 Å². The van der Waals surface area contributed by atoms with Crippen LogP contribution in [-0.4, -0.2) is 85.6 Å². The molecule has 0 bridgehead atoms. The average Bonchev–Trinajstić information content (AvgIpc) is 2.77. The van der Waals surface area contributed by atoms with E-state index in [-0.39, 0.29) is 5.69 Å². The Balaban J connectivity index is 1.60. The molecular weight excluding hydrogens is 464 g/mol. The fourth-order valence-electron chi connectivity index (χ4n) is 3.01. The van der Waals surface area contributed by atoms with E-state index in [1.807, 2.05) is 0 Å². The summed E-state index contributed by atoms with van der Waals surface area (Å²) in [5.74, 6) is -4.20. The number of benzene rings is 1. The van der Waals surface area contributed by atoms with Crippen molar-refractivity contribution in [2.45, 2.75) is 30.7 Å². The third-order valence-electron chi connectivity index (χ3n) is 4.69. The zero-order valence-electron chi connectivity index (χ0n) is 16.7. The van der Waals surface area contributed by atoms with E-state index >= 15 is 0 Å². The van der Waals surface area contributed by atoms with E-state index in [1.165, 1.54) is 12.3 Å². The predicted molar refractivity (Wildman–Crippen MR) is 109 cm³/mol. The van der Waals surface area contributed by atoms with Crippen molar-refractivity contribution in [3.05, 3.63) is 47.2 Å².